The third kappa shape index (κ3) is 1.80. The number of nitrogens with zero attached hydrogens (tertiary/aromatic N) is 5. The summed E-state index contributed by atoms with van der Waals surface area (Å²) in [5.74, 6) is 0.665. The number of aryl methyl sites for hydroxylation is 1. The minimum Gasteiger partial charge on any atom is -0.416 e. The maximum Gasteiger partial charge on any atom is 0.282 e. The number of rotatable bonds is 2. The molecular formula is C8H7N7OS. The van der Waals surface area contributed by atoms with Crippen LogP contribution in [0.25, 0.3) is 11.0 Å². The molecular weight excluding hydrogens is 242 g/mol. The van der Waals surface area contributed by atoms with Crippen LogP contribution < -0.4 is 5.73 Å². The third-order valence-electron chi connectivity index (χ3n) is 1.98. The lowest BCUT2D eigenvalue weighted by atomic mass is 10.4. The van der Waals surface area contributed by atoms with Crippen molar-refractivity contribution in [1.29, 1.82) is 0 Å². The fraction of sp³-hybridized carbons (Fsp3) is 0.125. The minimum absolute atomic E-state index is 0.167. The highest BCUT2D eigenvalue weighted by molar-refractivity contribution is 7.99. The van der Waals surface area contributed by atoms with Crippen molar-refractivity contribution in [2.75, 3.05) is 5.73 Å². The molecule has 0 aromatic carbocycles. The topological polar surface area (TPSA) is 119 Å². The lowest BCUT2D eigenvalue weighted by Gasteiger charge is -1.98. The number of fused-ring (bicyclic) bond motifs is 1. The summed E-state index contributed by atoms with van der Waals surface area (Å²) in [5, 5.41) is 16.0. The van der Waals surface area contributed by atoms with Crippen molar-refractivity contribution >= 4 is 28.7 Å². The van der Waals surface area contributed by atoms with Crippen LogP contribution in [0.4, 0.5) is 5.95 Å². The Hall–Kier alpha value is -2.16. The highest BCUT2D eigenvalue weighted by Gasteiger charge is 2.12. The van der Waals surface area contributed by atoms with E-state index >= 15 is 0 Å². The molecule has 0 saturated carbocycles. The molecule has 0 amide bonds. The zero-order valence-electron chi connectivity index (χ0n) is 8.71. The van der Waals surface area contributed by atoms with Crippen molar-refractivity contribution in [3.63, 3.8) is 0 Å². The lowest BCUT2D eigenvalue weighted by molar-refractivity contribution is 0.429. The average Bonchev–Trinajstić information content (AvgIpc) is 2.87. The monoisotopic (exact) mass is 249 g/mol. The molecule has 86 valence electrons. The molecule has 0 fully saturated rings. The molecule has 0 atom stereocenters. The van der Waals surface area contributed by atoms with Gasteiger partial charge in [-0.25, -0.2) is 4.98 Å². The number of anilines is 1. The number of nitrogens with one attached hydrogen (secondary N) is 1. The van der Waals surface area contributed by atoms with Gasteiger partial charge in [-0.2, -0.15) is 10.1 Å². The van der Waals surface area contributed by atoms with Gasteiger partial charge in [0.1, 0.15) is 5.03 Å². The molecule has 0 aliphatic heterocycles. The SMILES string of the molecule is Cc1nnc(Sc2nc(N)nc3[nH]ncc23)o1. The predicted molar refractivity (Wildman–Crippen MR) is 59.3 cm³/mol. The van der Waals surface area contributed by atoms with E-state index in [9.17, 15) is 0 Å². The van der Waals surface area contributed by atoms with Crippen LogP contribution in [0.2, 0.25) is 0 Å². The van der Waals surface area contributed by atoms with Crippen molar-refractivity contribution in [3.05, 3.63) is 12.1 Å². The van der Waals surface area contributed by atoms with E-state index in [1.54, 1.807) is 13.1 Å². The summed E-state index contributed by atoms with van der Waals surface area (Å²) < 4.78 is 5.26. The number of nitrogen functional groups attached to an aromatic ring is 1. The summed E-state index contributed by atoms with van der Waals surface area (Å²) in [6.45, 7) is 1.72. The van der Waals surface area contributed by atoms with Gasteiger partial charge in [0.15, 0.2) is 5.65 Å². The van der Waals surface area contributed by atoms with Gasteiger partial charge in [-0.3, -0.25) is 5.10 Å². The number of hydrogen-bond acceptors (Lipinski definition) is 8. The van der Waals surface area contributed by atoms with Crippen LogP contribution in [0, 0.1) is 6.92 Å². The van der Waals surface area contributed by atoms with Crippen LogP contribution in [0.5, 0.6) is 0 Å². The van der Waals surface area contributed by atoms with E-state index in [4.69, 9.17) is 10.2 Å². The Kier molecular flexibility index (Phi) is 2.18. The maximum absolute atomic E-state index is 5.59. The van der Waals surface area contributed by atoms with Gasteiger partial charge in [-0.1, -0.05) is 0 Å². The van der Waals surface area contributed by atoms with Crippen molar-refractivity contribution < 1.29 is 4.42 Å². The number of nitrogens with two attached hydrogens (primary N) is 1. The Morgan fingerprint density at radius 2 is 2.24 bits per heavy atom. The normalized spacial score (nSPS) is 11.1. The van der Waals surface area contributed by atoms with Crippen LogP contribution in [0.3, 0.4) is 0 Å². The summed E-state index contributed by atoms with van der Waals surface area (Å²) in [6, 6.07) is 0. The molecule has 17 heavy (non-hydrogen) atoms. The number of aromatic amines is 1. The highest BCUT2D eigenvalue weighted by Crippen LogP contribution is 2.30. The fourth-order valence-electron chi connectivity index (χ4n) is 1.31. The van der Waals surface area contributed by atoms with E-state index in [0.717, 1.165) is 5.39 Å². The standard InChI is InChI=1S/C8H7N7OS/c1-3-13-15-8(16-3)17-6-4-2-10-14-5(4)11-7(9)12-6/h2H,1H3,(H3,9,10,11,12,14). The van der Waals surface area contributed by atoms with Gasteiger partial charge in [0.25, 0.3) is 5.22 Å². The smallest absolute Gasteiger partial charge is 0.282 e. The number of H-pyrrole nitrogens is 1. The molecule has 0 aliphatic rings. The van der Waals surface area contributed by atoms with E-state index in [-0.39, 0.29) is 5.95 Å². The lowest BCUT2D eigenvalue weighted by Crippen LogP contribution is -1.96. The zero-order valence-corrected chi connectivity index (χ0v) is 9.52. The molecule has 0 radical (unpaired) electrons. The van der Waals surface area contributed by atoms with Crippen LogP contribution in [0.15, 0.2) is 20.9 Å². The largest absolute Gasteiger partial charge is 0.416 e. The second-order valence-electron chi connectivity index (χ2n) is 3.21. The Balaban J connectivity index is 2.07. The van der Waals surface area contributed by atoms with Crippen molar-refractivity contribution in [3.8, 4) is 0 Å². The fourth-order valence-corrected chi connectivity index (χ4v) is 2.11. The second-order valence-corrected chi connectivity index (χ2v) is 4.15. The molecule has 3 aromatic rings. The van der Waals surface area contributed by atoms with Gasteiger partial charge in [-0.05, 0) is 11.8 Å². The Morgan fingerprint density at radius 1 is 1.35 bits per heavy atom. The molecule has 3 rings (SSSR count). The van der Waals surface area contributed by atoms with E-state index in [1.165, 1.54) is 11.8 Å². The molecule has 0 bridgehead atoms. The van der Waals surface area contributed by atoms with E-state index in [2.05, 4.69) is 30.4 Å². The van der Waals surface area contributed by atoms with Gasteiger partial charge in [0.05, 0.1) is 11.6 Å². The molecule has 0 spiro atoms. The van der Waals surface area contributed by atoms with Gasteiger partial charge in [0, 0.05) is 6.92 Å². The van der Waals surface area contributed by atoms with Crippen molar-refractivity contribution in [2.45, 2.75) is 17.2 Å². The van der Waals surface area contributed by atoms with Crippen LogP contribution >= 0.6 is 11.8 Å². The highest BCUT2D eigenvalue weighted by atomic mass is 32.2. The molecule has 0 aliphatic carbocycles. The van der Waals surface area contributed by atoms with Gasteiger partial charge >= 0.3 is 0 Å². The Morgan fingerprint density at radius 3 is 3.00 bits per heavy atom. The third-order valence-corrected chi connectivity index (χ3v) is 2.83. The quantitative estimate of drug-likeness (QED) is 0.639. The van der Waals surface area contributed by atoms with Gasteiger partial charge < -0.3 is 10.2 Å². The summed E-state index contributed by atoms with van der Waals surface area (Å²) >= 11 is 1.23. The molecule has 8 nitrogen and oxygen atoms in total. The minimum atomic E-state index is 0.167. The van der Waals surface area contributed by atoms with E-state index < -0.39 is 0 Å². The molecule has 3 heterocycles. The molecule has 3 N–H and O–H groups in total. The summed E-state index contributed by atoms with van der Waals surface area (Å²) in [5.41, 5.74) is 6.17. The Bertz CT molecular complexity index is 675. The van der Waals surface area contributed by atoms with E-state index in [1.807, 2.05) is 0 Å². The molecule has 9 heteroatoms. The van der Waals surface area contributed by atoms with E-state index in [0.29, 0.717) is 21.8 Å². The van der Waals surface area contributed by atoms with Gasteiger partial charge in [0.2, 0.25) is 11.8 Å². The number of hydrogen-bond donors (Lipinski definition) is 2. The molecule has 0 saturated heterocycles. The van der Waals surface area contributed by atoms with Crippen molar-refractivity contribution in [1.82, 2.24) is 30.4 Å². The van der Waals surface area contributed by atoms with Crippen LogP contribution in [-0.2, 0) is 0 Å². The maximum atomic E-state index is 5.59. The molecule has 3 aromatic heterocycles. The first-order chi connectivity index (χ1) is 8.22. The predicted octanol–water partition coefficient (Wildman–Crippen LogP) is 0.778. The number of aromatic nitrogens is 6. The van der Waals surface area contributed by atoms with Crippen LogP contribution in [0.1, 0.15) is 5.89 Å². The Labute approximate surface area is 99.0 Å². The second kappa shape index (κ2) is 3.70. The summed E-state index contributed by atoms with van der Waals surface area (Å²) in [7, 11) is 0. The first-order valence-electron chi connectivity index (χ1n) is 4.67. The summed E-state index contributed by atoms with van der Waals surface area (Å²) in [6.07, 6.45) is 1.63. The first kappa shape index (κ1) is 10.0. The van der Waals surface area contributed by atoms with Gasteiger partial charge in [-0.15, -0.1) is 10.2 Å². The van der Waals surface area contributed by atoms with Crippen molar-refractivity contribution in [2.24, 2.45) is 0 Å². The average molecular weight is 249 g/mol. The summed E-state index contributed by atoms with van der Waals surface area (Å²) in [4.78, 5) is 8.13. The zero-order chi connectivity index (χ0) is 11.8. The van der Waals surface area contributed by atoms with Crippen LogP contribution in [-0.4, -0.2) is 30.4 Å². The first-order valence-corrected chi connectivity index (χ1v) is 5.48. The molecule has 0 unspecified atom stereocenters.